The molecule has 0 aliphatic rings. The first-order valence-electron chi connectivity index (χ1n) is 7.93. The van der Waals surface area contributed by atoms with Gasteiger partial charge in [0.25, 0.3) is 0 Å². The van der Waals surface area contributed by atoms with Crippen LogP contribution in [0.25, 0.3) is 0 Å². The fourth-order valence-corrected chi connectivity index (χ4v) is 2.33. The van der Waals surface area contributed by atoms with Gasteiger partial charge in [-0.25, -0.2) is 8.78 Å². The van der Waals surface area contributed by atoms with Crippen LogP contribution in [0.5, 0.6) is 0 Å². The third kappa shape index (κ3) is 5.42. The predicted octanol–water partition coefficient (Wildman–Crippen LogP) is 2.98. The van der Waals surface area contributed by atoms with Gasteiger partial charge in [-0.15, -0.1) is 6.42 Å². The number of carbonyl (C=O) groups excluding carboxylic acids is 2. The fourth-order valence-electron chi connectivity index (χ4n) is 2.33. The molecule has 1 N–H and O–H groups in total. The summed E-state index contributed by atoms with van der Waals surface area (Å²) in [5, 5.41) is 2.67. The van der Waals surface area contributed by atoms with Crippen molar-refractivity contribution in [3.05, 3.63) is 65.2 Å². The number of hydrogen-bond acceptors (Lipinski definition) is 2. The molecular weight excluding hydrogens is 338 g/mol. The van der Waals surface area contributed by atoms with E-state index in [1.807, 2.05) is 0 Å². The first-order chi connectivity index (χ1) is 12.4. The quantitative estimate of drug-likeness (QED) is 0.809. The number of nitrogens with one attached hydrogen (secondary N) is 1. The summed E-state index contributed by atoms with van der Waals surface area (Å²) in [7, 11) is 1.50. The zero-order valence-corrected chi connectivity index (χ0v) is 14.3. The number of rotatable bonds is 6. The molecule has 2 aromatic rings. The van der Waals surface area contributed by atoms with Crippen LogP contribution in [-0.2, 0) is 16.0 Å². The van der Waals surface area contributed by atoms with Crippen LogP contribution in [0, 0.1) is 24.0 Å². The molecular formula is C20H18F2N2O2. The highest BCUT2D eigenvalue weighted by Crippen LogP contribution is 2.12. The smallest absolute Gasteiger partial charge is 0.243 e. The second kappa shape index (κ2) is 8.77. The second-order valence-corrected chi connectivity index (χ2v) is 5.77. The summed E-state index contributed by atoms with van der Waals surface area (Å²) in [6.45, 7) is -0.128. The zero-order valence-electron chi connectivity index (χ0n) is 14.3. The molecule has 0 fully saturated rings. The molecule has 26 heavy (non-hydrogen) atoms. The molecule has 0 radical (unpaired) electrons. The maximum Gasteiger partial charge on any atom is 0.243 e. The highest BCUT2D eigenvalue weighted by molar-refractivity contribution is 5.94. The van der Waals surface area contributed by atoms with Gasteiger partial charge in [-0.05, 0) is 42.3 Å². The van der Waals surface area contributed by atoms with E-state index in [0.29, 0.717) is 16.8 Å². The highest BCUT2D eigenvalue weighted by Gasteiger charge is 2.14. The first-order valence-corrected chi connectivity index (χ1v) is 7.93. The Morgan fingerprint density at radius 3 is 2.62 bits per heavy atom. The molecule has 2 aromatic carbocycles. The zero-order chi connectivity index (χ0) is 19.1. The van der Waals surface area contributed by atoms with Gasteiger partial charge < -0.3 is 10.2 Å². The van der Waals surface area contributed by atoms with Crippen molar-refractivity contribution < 1.29 is 18.4 Å². The maximum atomic E-state index is 13.2. The minimum Gasteiger partial charge on any atom is -0.336 e. The highest BCUT2D eigenvalue weighted by atomic mass is 19.2. The van der Waals surface area contributed by atoms with Crippen molar-refractivity contribution in [1.29, 1.82) is 0 Å². The van der Waals surface area contributed by atoms with Gasteiger partial charge in [0.05, 0.1) is 6.54 Å². The Kier molecular flexibility index (Phi) is 6.45. The van der Waals surface area contributed by atoms with Crippen LogP contribution in [0.2, 0.25) is 0 Å². The number of carbonyl (C=O) groups is 2. The Morgan fingerprint density at radius 1 is 1.15 bits per heavy atom. The molecule has 0 aromatic heterocycles. The number of nitrogens with zero attached hydrogens (tertiary/aromatic N) is 1. The van der Waals surface area contributed by atoms with Gasteiger partial charge >= 0.3 is 0 Å². The van der Waals surface area contributed by atoms with Gasteiger partial charge in [-0.1, -0.05) is 18.1 Å². The van der Waals surface area contributed by atoms with E-state index >= 15 is 0 Å². The third-order valence-electron chi connectivity index (χ3n) is 3.73. The molecule has 0 saturated carbocycles. The number of terminal acetylenes is 1. The van der Waals surface area contributed by atoms with E-state index in [0.717, 1.165) is 12.1 Å². The standard InChI is InChI=1S/C20H18F2N2O2/c1-3-14-5-4-6-16(11-14)23-19(25)13-24(2)20(26)10-8-15-7-9-17(21)18(22)12-15/h1,4-7,9,11-12H,8,10,13H2,2H3,(H,23,25). The monoisotopic (exact) mass is 356 g/mol. The van der Waals surface area contributed by atoms with Crippen molar-refractivity contribution in [3.8, 4) is 12.3 Å². The van der Waals surface area contributed by atoms with E-state index in [1.54, 1.807) is 24.3 Å². The van der Waals surface area contributed by atoms with E-state index in [1.165, 1.54) is 18.0 Å². The van der Waals surface area contributed by atoms with Crippen molar-refractivity contribution in [1.82, 2.24) is 4.90 Å². The molecule has 0 spiro atoms. The number of aryl methyl sites for hydroxylation is 1. The average Bonchev–Trinajstić information content (AvgIpc) is 2.62. The van der Waals surface area contributed by atoms with Gasteiger partial charge in [0.1, 0.15) is 0 Å². The predicted molar refractivity (Wildman–Crippen MR) is 95.3 cm³/mol. The topological polar surface area (TPSA) is 49.4 Å². The van der Waals surface area contributed by atoms with Crippen molar-refractivity contribution in [2.75, 3.05) is 18.9 Å². The van der Waals surface area contributed by atoms with Crippen LogP contribution in [0.3, 0.4) is 0 Å². The summed E-state index contributed by atoms with van der Waals surface area (Å²) < 4.78 is 26.1. The Bertz CT molecular complexity index is 859. The number of halogens is 2. The summed E-state index contributed by atoms with van der Waals surface area (Å²) in [6, 6.07) is 10.3. The van der Waals surface area contributed by atoms with Crippen molar-refractivity contribution >= 4 is 17.5 Å². The van der Waals surface area contributed by atoms with E-state index < -0.39 is 11.6 Å². The molecule has 2 rings (SSSR count). The number of amides is 2. The Hall–Kier alpha value is -3.20. The Morgan fingerprint density at radius 2 is 1.92 bits per heavy atom. The summed E-state index contributed by atoms with van der Waals surface area (Å²) in [6.07, 6.45) is 5.65. The molecule has 0 bridgehead atoms. The molecule has 0 unspecified atom stereocenters. The Labute approximate surface area is 150 Å². The molecule has 6 heteroatoms. The Balaban J connectivity index is 1.84. The number of anilines is 1. The second-order valence-electron chi connectivity index (χ2n) is 5.77. The van der Waals surface area contributed by atoms with E-state index in [9.17, 15) is 18.4 Å². The fraction of sp³-hybridized carbons (Fsp3) is 0.200. The SMILES string of the molecule is C#Cc1cccc(NC(=O)CN(C)C(=O)CCc2ccc(F)c(F)c2)c1. The van der Waals surface area contributed by atoms with Crippen molar-refractivity contribution in [3.63, 3.8) is 0 Å². The lowest BCUT2D eigenvalue weighted by atomic mass is 10.1. The minimum atomic E-state index is -0.947. The van der Waals surface area contributed by atoms with Crippen LogP contribution in [0.15, 0.2) is 42.5 Å². The molecule has 0 aliphatic carbocycles. The lowest BCUT2D eigenvalue weighted by Crippen LogP contribution is -2.35. The average molecular weight is 356 g/mol. The van der Waals surface area contributed by atoms with Gasteiger partial charge in [-0.2, -0.15) is 0 Å². The van der Waals surface area contributed by atoms with Crippen molar-refractivity contribution in [2.45, 2.75) is 12.8 Å². The van der Waals surface area contributed by atoms with Gasteiger partial charge in [-0.3, -0.25) is 9.59 Å². The molecule has 134 valence electrons. The lowest BCUT2D eigenvalue weighted by molar-refractivity contribution is -0.133. The van der Waals surface area contributed by atoms with Crippen LogP contribution >= 0.6 is 0 Å². The first kappa shape index (κ1) is 19.1. The molecule has 0 aliphatic heterocycles. The van der Waals surface area contributed by atoms with E-state index in [4.69, 9.17) is 6.42 Å². The third-order valence-corrected chi connectivity index (χ3v) is 3.73. The van der Waals surface area contributed by atoms with Gasteiger partial charge in [0, 0.05) is 24.7 Å². The molecule has 0 atom stereocenters. The molecule has 0 heterocycles. The molecule has 4 nitrogen and oxygen atoms in total. The van der Waals surface area contributed by atoms with E-state index in [-0.39, 0.29) is 31.2 Å². The summed E-state index contributed by atoms with van der Waals surface area (Å²) in [4.78, 5) is 25.4. The van der Waals surface area contributed by atoms with Crippen molar-refractivity contribution in [2.24, 2.45) is 0 Å². The molecule has 0 saturated heterocycles. The summed E-state index contributed by atoms with van der Waals surface area (Å²) in [5.41, 5.74) is 1.70. The normalized spacial score (nSPS) is 10.1. The number of benzene rings is 2. The summed E-state index contributed by atoms with van der Waals surface area (Å²) >= 11 is 0. The lowest BCUT2D eigenvalue weighted by Gasteiger charge is -2.17. The van der Waals surface area contributed by atoms with Crippen LogP contribution in [-0.4, -0.2) is 30.3 Å². The van der Waals surface area contributed by atoms with E-state index in [2.05, 4.69) is 11.2 Å². The van der Waals surface area contributed by atoms with Gasteiger partial charge in [0.2, 0.25) is 11.8 Å². The van der Waals surface area contributed by atoms with Crippen LogP contribution < -0.4 is 5.32 Å². The minimum absolute atomic E-state index is 0.0848. The maximum absolute atomic E-state index is 13.2. The van der Waals surface area contributed by atoms with Crippen LogP contribution in [0.4, 0.5) is 14.5 Å². The number of likely N-dealkylation sites (N-methyl/N-ethyl adjacent to an activating group) is 1. The van der Waals surface area contributed by atoms with Gasteiger partial charge in [0.15, 0.2) is 11.6 Å². The van der Waals surface area contributed by atoms with Crippen LogP contribution in [0.1, 0.15) is 17.5 Å². The molecule has 2 amide bonds. The largest absolute Gasteiger partial charge is 0.336 e. The summed E-state index contributed by atoms with van der Waals surface area (Å²) in [5.74, 6) is -0.0362. The number of hydrogen-bond donors (Lipinski definition) is 1.